The molecule has 0 radical (unpaired) electrons. The lowest BCUT2D eigenvalue weighted by atomic mass is 9.73. The van der Waals surface area contributed by atoms with Gasteiger partial charge in [-0.25, -0.2) is 4.98 Å². The molecule has 0 N–H and O–H groups in total. The molecule has 6 rings (SSSR count). The molecule has 1 atom stereocenters. The van der Waals surface area contributed by atoms with Crippen LogP contribution in [0.5, 0.6) is 5.88 Å². The Hall–Kier alpha value is -1.29. The molecule has 0 aliphatic carbocycles. The van der Waals surface area contributed by atoms with Crippen LogP contribution in [0, 0.1) is 5.92 Å². The van der Waals surface area contributed by atoms with Crippen LogP contribution >= 0.6 is 0 Å². The fourth-order valence-electron chi connectivity index (χ4n) is 4.44. The van der Waals surface area contributed by atoms with Gasteiger partial charge in [-0.05, 0) is 38.4 Å². The molecular weight excluding hydrogens is 250 g/mol. The Balaban J connectivity index is 1.46. The van der Waals surface area contributed by atoms with Crippen molar-refractivity contribution >= 4 is 5.69 Å². The van der Waals surface area contributed by atoms with E-state index in [1.54, 1.807) is 0 Å². The lowest BCUT2D eigenvalue weighted by molar-refractivity contribution is -0.0814. The van der Waals surface area contributed by atoms with Crippen LogP contribution in [-0.2, 0) is 6.42 Å². The minimum atomic E-state index is 0.0411. The molecule has 4 nitrogen and oxygen atoms in total. The molecule has 6 heterocycles. The molecular formula is C16H21N3O. The Morgan fingerprint density at radius 2 is 2.05 bits per heavy atom. The average molecular weight is 271 g/mol. The zero-order chi connectivity index (χ0) is 13.2. The monoisotopic (exact) mass is 271 g/mol. The maximum absolute atomic E-state index is 6.38. The summed E-state index contributed by atoms with van der Waals surface area (Å²) in [5.74, 6) is 1.64. The molecule has 4 heteroatoms. The van der Waals surface area contributed by atoms with Crippen molar-refractivity contribution in [1.29, 1.82) is 0 Å². The van der Waals surface area contributed by atoms with E-state index in [2.05, 4.69) is 20.9 Å². The van der Waals surface area contributed by atoms with E-state index in [1.165, 1.54) is 56.7 Å². The molecule has 106 valence electrons. The topological polar surface area (TPSA) is 28.6 Å². The molecule has 1 unspecified atom stereocenters. The maximum atomic E-state index is 6.38. The predicted octanol–water partition coefficient (Wildman–Crippen LogP) is 1.69. The van der Waals surface area contributed by atoms with Crippen LogP contribution in [0.2, 0.25) is 0 Å². The van der Waals surface area contributed by atoms with E-state index >= 15 is 0 Å². The Morgan fingerprint density at radius 1 is 1.20 bits per heavy atom. The summed E-state index contributed by atoms with van der Waals surface area (Å²) in [5.41, 5.74) is 2.67. The van der Waals surface area contributed by atoms with Gasteiger partial charge in [0.2, 0.25) is 5.88 Å². The minimum absolute atomic E-state index is 0.0411. The number of rotatable bonds is 1. The highest BCUT2D eigenvalue weighted by atomic mass is 16.5. The molecule has 1 aromatic rings. The minimum Gasteiger partial charge on any atom is -0.469 e. The fraction of sp³-hybridized carbons (Fsp3) is 0.688. The first-order valence-corrected chi connectivity index (χ1v) is 7.98. The second-order valence-corrected chi connectivity index (χ2v) is 6.89. The zero-order valence-corrected chi connectivity index (χ0v) is 11.8. The van der Waals surface area contributed by atoms with E-state index in [1.807, 2.05) is 6.20 Å². The lowest BCUT2D eigenvalue weighted by Gasteiger charge is -2.50. The van der Waals surface area contributed by atoms with E-state index in [4.69, 9.17) is 4.74 Å². The van der Waals surface area contributed by atoms with E-state index in [0.717, 1.165) is 24.8 Å². The van der Waals surface area contributed by atoms with E-state index in [9.17, 15) is 0 Å². The van der Waals surface area contributed by atoms with Gasteiger partial charge in [0.1, 0.15) is 5.60 Å². The number of ether oxygens (including phenoxy) is 1. The largest absolute Gasteiger partial charge is 0.469 e. The predicted molar refractivity (Wildman–Crippen MR) is 77.3 cm³/mol. The standard InChI is InChI=1S/C16H21N3O/c1-4-19(5-1)14-8-12-9-16(20-15(12)17-10-14)11-18-6-2-13(16)3-7-18/h8,10,13H,1-7,9,11H2. The summed E-state index contributed by atoms with van der Waals surface area (Å²) in [7, 11) is 0. The fourth-order valence-corrected chi connectivity index (χ4v) is 4.44. The number of hydrogen-bond acceptors (Lipinski definition) is 4. The van der Waals surface area contributed by atoms with Crippen LogP contribution in [0.25, 0.3) is 0 Å². The molecule has 1 spiro atoms. The van der Waals surface area contributed by atoms with Gasteiger partial charge in [0.05, 0.1) is 11.9 Å². The third kappa shape index (κ3) is 1.48. The molecule has 5 aliphatic rings. The van der Waals surface area contributed by atoms with Crippen molar-refractivity contribution < 1.29 is 4.74 Å². The smallest absolute Gasteiger partial charge is 0.217 e. The number of nitrogens with zero attached hydrogens (tertiary/aromatic N) is 3. The van der Waals surface area contributed by atoms with Crippen molar-refractivity contribution in [3.63, 3.8) is 0 Å². The Morgan fingerprint density at radius 3 is 2.70 bits per heavy atom. The number of hydrogen-bond donors (Lipinski definition) is 0. The van der Waals surface area contributed by atoms with Crippen LogP contribution in [-0.4, -0.2) is 48.2 Å². The Bertz CT molecular complexity index is 549. The summed E-state index contributed by atoms with van der Waals surface area (Å²) in [6.07, 6.45) is 6.98. The highest BCUT2D eigenvalue weighted by molar-refractivity contribution is 5.52. The molecule has 4 saturated heterocycles. The number of aromatic nitrogens is 1. The van der Waals surface area contributed by atoms with Crippen molar-refractivity contribution in [2.24, 2.45) is 5.92 Å². The second-order valence-electron chi connectivity index (χ2n) is 6.89. The molecule has 4 fully saturated rings. The van der Waals surface area contributed by atoms with Crippen molar-refractivity contribution in [3.8, 4) is 5.88 Å². The van der Waals surface area contributed by atoms with Crippen LogP contribution in [0.15, 0.2) is 12.3 Å². The van der Waals surface area contributed by atoms with Crippen LogP contribution in [0.3, 0.4) is 0 Å². The second kappa shape index (κ2) is 3.88. The summed E-state index contributed by atoms with van der Waals surface area (Å²) >= 11 is 0. The van der Waals surface area contributed by atoms with Crippen LogP contribution in [0.1, 0.15) is 24.8 Å². The van der Waals surface area contributed by atoms with Crippen molar-refractivity contribution in [2.45, 2.75) is 31.3 Å². The summed E-state index contributed by atoms with van der Waals surface area (Å²) in [6.45, 7) is 6.00. The Labute approximate surface area is 119 Å². The SMILES string of the molecule is c1nc2c(cc1N1CCC1)CC1(CN3CCC1CC3)O2. The van der Waals surface area contributed by atoms with Gasteiger partial charge in [0.15, 0.2) is 0 Å². The van der Waals surface area contributed by atoms with Gasteiger partial charge in [0.25, 0.3) is 0 Å². The third-order valence-electron chi connectivity index (χ3n) is 5.74. The number of fused-ring (bicyclic) bond motifs is 3. The van der Waals surface area contributed by atoms with Gasteiger partial charge in [-0.3, -0.25) is 4.90 Å². The van der Waals surface area contributed by atoms with Crippen LogP contribution in [0.4, 0.5) is 5.69 Å². The summed E-state index contributed by atoms with van der Waals surface area (Å²) < 4.78 is 6.38. The summed E-state index contributed by atoms with van der Waals surface area (Å²) in [4.78, 5) is 9.60. The first-order chi connectivity index (χ1) is 9.82. The highest BCUT2D eigenvalue weighted by Gasteiger charge is 2.52. The van der Waals surface area contributed by atoms with Crippen molar-refractivity contribution in [2.75, 3.05) is 37.6 Å². The number of pyridine rings is 1. The average Bonchev–Trinajstić information content (AvgIpc) is 2.75. The van der Waals surface area contributed by atoms with Crippen LogP contribution < -0.4 is 9.64 Å². The van der Waals surface area contributed by atoms with Gasteiger partial charge in [-0.1, -0.05) is 0 Å². The lowest BCUT2D eigenvalue weighted by Crippen LogP contribution is -2.61. The van der Waals surface area contributed by atoms with E-state index < -0.39 is 0 Å². The van der Waals surface area contributed by atoms with E-state index in [0.29, 0.717) is 0 Å². The van der Waals surface area contributed by atoms with Crippen molar-refractivity contribution in [3.05, 3.63) is 17.8 Å². The third-order valence-corrected chi connectivity index (χ3v) is 5.74. The number of anilines is 1. The molecule has 0 amide bonds. The highest BCUT2D eigenvalue weighted by Crippen LogP contribution is 2.46. The van der Waals surface area contributed by atoms with Gasteiger partial charge >= 0.3 is 0 Å². The molecule has 5 aliphatic heterocycles. The molecule has 2 bridgehead atoms. The van der Waals surface area contributed by atoms with Gasteiger partial charge in [-0.15, -0.1) is 0 Å². The van der Waals surface area contributed by atoms with Gasteiger partial charge in [0, 0.05) is 37.5 Å². The Kier molecular flexibility index (Phi) is 2.21. The molecule has 0 aromatic carbocycles. The van der Waals surface area contributed by atoms with Crippen molar-refractivity contribution in [1.82, 2.24) is 9.88 Å². The summed E-state index contributed by atoms with van der Waals surface area (Å²) in [5, 5.41) is 0. The van der Waals surface area contributed by atoms with Gasteiger partial charge in [-0.2, -0.15) is 0 Å². The zero-order valence-electron chi connectivity index (χ0n) is 11.8. The maximum Gasteiger partial charge on any atom is 0.217 e. The summed E-state index contributed by atoms with van der Waals surface area (Å²) in [6, 6.07) is 2.33. The molecule has 0 saturated carbocycles. The first-order valence-electron chi connectivity index (χ1n) is 7.98. The van der Waals surface area contributed by atoms with E-state index in [-0.39, 0.29) is 5.60 Å². The quantitative estimate of drug-likeness (QED) is 0.777. The number of piperidine rings is 3. The normalized spacial score (nSPS) is 37.7. The first kappa shape index (κ1) is 11.4. The molecule has 20 heavy (non-hydrogen) atoms. The van der Waals surface area contributed by atoms with Gasteiger partial charge < -0.3 is 9.64 Å². The molecule has 1 aromatic heterocycles.